The fourth-order valence-electron chi connectivity index (χ4n) is 4.54. The summed E-state index contributed by atoms with van der Waals surface area (Å²) in [7, 11) is 0. The van der Waals surface area contributed by atoms with Gasteiger partial charge in [-0.1, -0.05) is 62.4 Å². The zero-order valence-corrected chi connectivity index (χ0v) is 19.4. The SMILES string of the molecule is CC(C)C(C(=O)NC(C(=O)O)C(F)(F)F)C(C)NC(=O)OCC1c2ccccc2-c2ccccc21. The lowest BCUT2D eigenvalue weighted by Crippen LogP contribution is -2.55. The molecular formula is C25H27F3N2O5. The van der Waals surface area contributed by atoms with Crippen molar-refractivity contribution in [2.45, 2.75) is 44.9 Å². The van der Waals surface area contributed by atoms with Crippen molar-refractivity contribution in [3.05, 3.63) is 59.7 Å². The largest absolute Gasteiger partial charge is 0.479 e. The van der Waals surface area contributed by atoms with E-state index in [1.54, 1.807) is 13.8 Å². The maximum atomic E-state index is 13.0. The summed E-state index contributed by atoms with van der Waals surface area (Å²) >= 11 is 0. The zero-order valence-electron chi connectivity index (χ0n) is 19.4. The summed E-state index contributed by atoms with van der Waals surface area (Å²) in [4.78, 5) is 36.1. The number of aliphatic carboxylic acids is 1. The van der Waals surface area contributed by atoms with E-state index in [0.29, 0.717) is 0 Å². The molecule has 2 aromatic rings. The van der Waals surface area contributed by atoms with Crippen LogP contribution in [0.15, 0.2) is 48.5 Å². The number of benzene rings is 2. The molecule has 0 radical (unpaired) electrons. The lowest BCUT2D eigenvalue weighted by molar-refractivity contribution is -0.183. The molecule has 3 rings (SSSR count). The van der Waals surface area contributed by atoms with Gasteiger partial charge in [0.2, 0.25) is 11.9 Å². The zero-order chi connectivity index (χ0) is 25.9. The third-order valence-electron chi connectivity index (χ3n) is 6.11. The minimum atomic E-state index is -5.16. The molecule has 2 aromatic carbocycles. The van der Waals surface area contributed by atoms with Gasteiger partial charge < -0.3 is 20.5 Å². The number of nitrogens with one attached hydrogen (secondary N) is 2. The van der Waals surface area contributed by atoms with Crippen LogP contribution in [-0.4, -0.2) is 47.9 Å². The Kier molecular flexibility index (Phi) is 7.72. The Hall–Kier alpha value is -3.56. The number of carbonyl (C=O) groups excluding carboxylic acids is 2. The first-order valence-electron chi connectivity index (χ1n) is 11.1. The van der Waals surface area contributed by atoms with Gasteiger partial charge in [-0.2, -0.15) is 13.2 Å². The van der Waals surface area contributed by atoms with Crippen LogP contribution in [0, 0.1) is 11.8 Å². The molecule has 0 saturated heterocycles. The number of halogens is 3. The number of ether oxygens (including phenoxy) is 1. The molecule has 1 aliphatic carbocycles. The molecule has 0 saturated carbocycles. The molecule has 3 atom stereocenters. The Morgan fingerprint density at radius 1 is 0.943 bits per heavy atom. The van der Waals surface area contributed by atoms with Gasteiger partial charge in [0.15, 0.2) is 0 Å². The molecule has 3 unspecified atom stereocenters. The number of fused-ring (bicyclic) bond motifs is 3. The van der Waals surface area contributed by atoms with Gasteiger partial charge in [0.1, 0.15) is 6.61 Å². The standard InChI is InChI=1S/C25H27F3N2O5/c1-13(2)20(22(31)30-21(23(32)33)25(26,27)28)14(3)29-24(34)35-12-19-17-10-6-4-8-15(17)16-9-5-7-11-18(16)19/h4-11,13-14,19-21H,12H2,1-3H3,(H,29,34)(H,30,31)(H,32,33). The minimum Gasteiger partial charge on any atom is -0.479 e. The van der Waals surface area contributed by atoms with Gasteiger partial charge in [0, 0.05) is 12.0 Å². The predicted octanol–water partition coefficient (Wildman–Crippen LogP) is 4.32. The predicted molar refractivity (Wildman–Crippen MR) is 122 cm³/mol. The van der Waals surface area contributed by atoms with Crippen LogP contribution in [0.5, 0.6) is 0 Å². The summed E-state index contributed by atoms with van der Waals surface area (Å²) in [6, 6.07) is 11.6. The van der Waals surface area contributed by atoms with Crippen LogP contribution in [0.25, 0.3) is 11.1 Å². The van der Waals surface area contributed by atoms with E-state index in [9.17, 15) is 27.6 Å². The Bertz CT molecular complexity index is 1060. The first-order valence-corrected chi connectivity index (χ1v) is 11.1. The smallest absolute Gasteiger partial charge is 0.419 e. The van der Waals surface area contributed by atoms with Crippen LogP contribution >= 0.6 is 0 Å². The second kappa shape index (κ2) is 10.4. The third-order valence-corrected chi connectivity index (χ3v) is 6.11. The van der Waals surface area contributed by atoms with E-state index < -0.39 is 48.1 Å². The highest BCUT2D eigenvalue weighted by Gasteiger charge is 2.47. The molecule has 0 aromatic heterocycles. The second-order valence-corrected chi connectivity index (χ2v) is 8.85. The third kappa shape index (κ3) is 5.75. The lowest BCUT2D eigenvalue weighted by atomic mass is 9.88. The van der Waals surface area contributed by atoms with Crippen molar-refractivity contribution >= 4 is 18.0 Å². The summed E-state index contributed by atoms with van der Waals surface area (Å²) in [6.07, 6.45) is -5.99. The summed E-state index contributed by atoms with van der Waals surface area (Å²) in [5.41, 5.74) is 4.14. The Morgan fingerprint density at radius 2 is 1.46 bits per heavy atom. The highest BCUT2D eigenvalue weighted by atomic mass is 19.4. The van der Waals surface area contributed by atoms with Crippen LogP contribution in [0.4, 0.5) is 18.0 Å². The van der Waals surface area contributed by atoms with E-state index in [-0.39, 0.29) is 12.5 Å². The molecule has 3 N–H and O–H groups in total. The lowest BCUT2D eigenvalue weighted by Gasteiger charge is -2.29. The summed E-state index contributed by atoms with van der Waals surface area (Å²) in [5.74, 6) is -5.15. The van der Waals surface area contributed by atoms with Gasteiger partial charge in [-0.05, 0) is 35.1 Å². The number of alkyl halides is 3. The highest BCUT2D eigenvalue weighted by Crippen LogP contribution is 2.44. The summed E-state index contributed by atoms with van der Waals surface area (Å²) in [5, 5.41) is 12.9. The van der Waals surface area contributed by atoms with Gasteiger partial charge in [-0.3, -0.25) is 4.79 Å². The van der Waals surface area contributed by atoms with E-state index in [4.69, 9.17) is 9.84 Å². The van der Waals surface area contributed by atoms with Crippen molar-refractivity contribution < 1.29 is 37.4 Å². The molecule has 0 heterocycles. The van der Waals surface area contributed by atoms with Crippen LogP contribution in [-0.2, 0) is 14.3 Å². The maximum absolute atomic E-state index is 13.0. The molecule has 0 fully saturated rings. The van der Waals surface area contributed by atoms with Crippen molar-refractivity contribution in [3.63, 3.8) is 0 Å². The van der Waals surface area contributed by atoms with Crippen molar-refractivity contribution in [2.24, 2.45) is 11.8 Å². The van der Waals surface area contributed by atoms with Crippen molar-refractivity contribution in [1.82, 2.24) is 10.6 Å². The molecule has 10 heteroatoms. The number of hydrogen-bond donors (Lipinski definition) is 3. The maximum Gasteiger partial charge on any atom is 0.419 e. The van der Waals surface area contributed by atoms with E-state index in [2.05, 4.69) is 5.32 Å². The van der Waals surface area contributed by atoms with Gasteiger partial charge >= 0.3 is 18.2 Å². The molecule has 0 spiro atoms. The molecule has 0 aliphatic heterocycles. The van der Waals surface area contributed by atoms with Gasteiger partial charge in [-0.25, -0.2) is 9.59 Å². The number of carbonyl (C=O) groups is 3. The molecular weight excluding hydrogens is 465 g/mol. The molecule has 2 amide bonds. The number of alkyl carbamates (subject to hydrolysis) is 1. The molecule has 35 heavy (non-hydrogen) atoms. The second-order valence-electron chi connectivity index (χ2n) is 8.85. The average molecular weight is 492 g/mol. The van der Waals surface area contributed by atoms with Crippen LogP contribution < -0.4 is 10.6 Å². The Morgan fingerprint density at radius 3 is 1.91 bits per heavy atom. The topological polar surface area (TPSA) is 105 Å². The number of carboxylic acids is 1. The first-order chi connectivity index (χ1) is 16.4. The van der Waals surface area contributed by atoms with E-state index in [1.807, 2.05) is 48.5 Å². The van der Waals surface area contributed by atoms with Gasteiger partial charge in [-0.15, -0.1) is 0 Å². The molecule has 7 nitrogen and oxygen atoms in total. The van der Waals surface area contributed by atoms with Gasteiger partial charge in [0.05, 0.1) is 5.92 Å². The Labute approximate surface area is 200 Å². The highest BCUT2D eigenvalue weighted by molar-refractivity contribution is 5.86. The quantitative estimate of drug-likeness (QED) is 0.509. The number of rotatable bonds is 8. The van der Waals surface area contributed by atoms with Crippen molar-refractivity contribution in [3.8, 4) is 11.1 Å². The van der Waals surface area contributed by atoms with Crippen LogP contribution in [0.3, 0.4) is 0 Å². The monoisotopic (exact) mass is 492 g/mol. The Balaban J connectivity index is 1.66. The molecule has 0 bridgehead atoms. The summed E-state index contributed by atoms with van der Waals surface area (Å²) in [6.45, 7) is 4.66. The van der Waals surface area contributed by atoms with E-state index in [1.165, 1.54) is 12.2 Å². The fourth-order valence-corrected chi connectivity index (χ4v) is 4.54. The number of carboxylic acid groups (broad SMARTS) is 1. The minimum absolute atomic E-state index is 0.0281. The summed E-state index contributed by atoms with van der Waals surface area (Å²) < 4.78 is 44.4. The van der Waals surface area contributed by atoms with Crippen molar-refractivity contribution in [2.75, 3.05) is 6.61 Å². The first kappa shape index (κ1) is 26.1. The normalized spacial score (nSPS) is 15.5. The number of amides is 2. The van der Waals surface area contributed by atoms with Crippen molar-refractivity contribution in [1.29, 1.82) is 0 Å². The van der Waals surface area contributed by atoms with Crippen LogP contribution in [0.2, 0.25) is 0 Å². The van der Waals surface area contributed by atoms with Crippen LogP contribution in [0.1, 0.15) is 37.8 Å². The van der Waals surface area contributed by atoms with E-state index in [0.717, 1.165) is 22.3 Å². The van der Waals surface area contributed by atoms with Gasteiger partial charge in [0.25, 0.3) is 0 Å². The fraction of sp³-hybridized carbons (Fsp3) is 0.400. The van der Waals surface area contributed by atoms with E-state index >= 15 is 0 Å². The number of hydrogen-bond acceptors (Lipinski definition) is 4. The average Bonchev–Trinajstić information content (AvgIpc) is 3.08. The molecule has 188 valence electrons. The molecule has 1 aliphatic rings.